The van der Waals surface area contributed by atoms with Crippen LogP contribution in [0.25, 0.3) is 0 Å². The van der Waals surface area contributed by atoms with Crippen molar-refractivity contribution in [2.75, 3.05) is 13.7 Å². The molecule has 0 amide bonds. The summed E-state index contributed by atoms with van der Waals surface area (Å²) in [5, 5.41) is 3.63. The highest BCUT2D eigenvalue weighted by Crippen LogP contribution is 2.35. The van der Waals surface area contributed by atoms with Crippen LogP contribution in [0.5, 0.6) is 0 Å². The van der Waals surface area contributed by atoms with Crippen molar-refractivity contribution in [3.8, 4) is 0 Å². The highest BCUT2D eigenvalue weighted by atomic mass is 32.1. The molecule has 0 saturated heterocycles. The fourth-order valence-electron chi connectivity index (χ4n) is 2.55. The zero-order chi connectivity index (χ0) is 12.5. The summed E-state index contributed by atoms with van der Waals surface area (Å²) in [6.07, 6.45) is 3.70. The van der Waals surface area contributed by atoms with Crippen molar-refractivity contribution < 1.29 is 4.74 Å². The molecular formula is C14H23NOS. The van der Waals surface area contributed by atoms with Gasteiger partial charge in [0, 0.05) is 29.5 Å². The number of nitrogens with one attached hydrogen (secondary N) is 1. The zero-order valence-electron chi connectivity index (χ0n) is 11.3. The van der Waals surface area contributed by atoms with Crippen LogP contribution in [0.3, 0.4) is 0 Å². The summed E-state index contributed by atoms with van der Waals surface area (Å²) in [4.78, 5) is 2.83. The Morgan fingerprint density at radius 3 is 2.59 bits per heavy atom. The minimum Gasteiger partial charge on any atom is -0.377 e. The lowest BCUT2D eigenvalue weighted by Crippen LogP contribution is -2.48. The Kier molecular flexibility index (Phi) is 3.91. The third-order valence-electron chi connectivity index (χ3n) is 3.97. The second kappa shape index (κ2) is 5.09. The third-order valence-corrected chi connectivity index (χ3v) is 4.96. The van der Waals surface area contributed by atoms with E-state index in [4.69, 9.17) is 4.74 Å². The monoisotopic (exact) mass is 253 g/mol. The van der Waals surface area contributed by atoms with E-state index < -0.39 is 0 Å². The Bertz CT molecular complexity index is 376. The number of aryl methyl sites for hydroxylation is 2. The molecule has 1 aliphatic carbocycles. The van der Waals surface area contributed by atoms with E-state index in [0.717, 1.165) is 6.54 Å². The molecule has 1 aromatic rings. The van der Waals surface area contributed by atoms with Crippen LogP contribution in [0.2, 0.25) is 0 Å². The Hall–Kier alpha value is -0.380. The Morgan fingerprint density at radius 2 is 2.18 bits per heavy atom. The second-order valence-corrected chi connectivity index (χ2v) is 6.67. The molecule has 1 aromatic heterocycles. The van der Waals surface area contributed by atoms with Crippen LogP contribution in [-0.4, -0.2) is 19.3 Å². The molecule has 0 bridgehead atoms. The van der Waals surface area contributed by atoms with E-state index in [1.807, 2.05) is 18.4 Å². The van der Waals surface area contributed by atoms with Crippen LogP contribution in [0.15, 0.2) is 6.07 Å². The molecule has 3 heteroatoms. The fourth-order valence-corrected chi connectivity index (χ4v) is 3.58. The van der Waals surface area contributed by atoms with E-state index in [1.165, 1.54) is 34.6 Å². The number of hydrogen-bond donors (Lipinski definition) is 1. The van der Waals surface area contributed by atoms with Gasteiger partial charge in [0.1, 0.15) is 0 Å². The Labute approximate surface area is 108 Å². The van der Waals surface area contributed by atoms with Crippen molar-refractivity contribution in [1.29, 1.82) is 0 Å². The molecule has 0 aromatic carbocycles. The number of thiophene rings is 1. The molecule has 1 unspecified atom stereocenters. The van der Waals surface area contributed by atoms with Crippen molar-refractivity contribution >= 4 is 11.3 Å². The lowest BCUT2D eigenvalue weighted by molar-refractivity contribution is -0.0706. The Morgan fingerprint density at radius 1 is 1.47 bits per heavy atom. The van der Waals surface area contributed by atoms with E-state index in [0.29, 0.717) is 6.04 Å². The van der Waals surface area contributed by atoms with Crippen LogP contribution in [0.4, 0.5) is 0 Å². The molecule has 0 radical (unpaired) electrons. The van der Waals surface area contributed by atoms with Gasteiger partial charge in [-0.2, -0.15) is 0 Å². The summed E-state index contributed by atoms with van der Waals surface area (Å²) in [5.41, 5.74) is 1.56. The third kappa shape index (κ3) is 2.72. The van der Waals surface area contributed by atoms with Crippen molar-refractivity contribution in [3.05, 3.63) is 21.4 Å². The minimum absolute atomic E-state index is 0.118. The quantitative estimate of drug-likeness (QED) is 0.866. The number of methoxy groups -OCH3 is 1. The summed E-state index contributed by atoms with van der Waals surface area (Å²) in [5.74, 6) is 0. The molecule has 1 fully saturated rings. The maximum absolute atomic E-state index is 5.64. The summed E-state index contributed by atoms with van der Waals surface area (Å²) >= 11 is 1.89. The average molecular weight is 253 g/mol. The van der Waals surface area contributed by atoms with Gasteiger partial charge in [0.2, 0.25) is 0 Å². The predicted molar refractivity (Wildman–Crippen MR) is 73.8 cm³/mol. The van der Waals surface area contributed by atoms with Gasteiger partial charge >= 0.3 is 0 Å². The smallest absolute Gasteiger partial charge is 0.0802 e. The van der Waals surface area contributed by atoms with Crippen molar-refractivity contribution in [3.63, 3.8) is 0 Å². The molecule has 1 N–H and O–H groups in total. The van der Waals surface area contributed by atoms with E-state index in [-0.39, 0.29) is 5.60 Å². The van der Waals surface area contributed by atoms with Gasteiger partial charge in [-0.3, -0.25) is 0 Å². The highest BCUT2D eigenvalue weighted by Gasteiger charge is 2.36. The first-order valence-electron chi connectivity index (χ1n) is 6.42. The molecule has 0 aliphatic heterocycles. The van der Waals surface area contributed by atoms with E-state index in [9.17, 15) is 0 Å². The molecule has 1 atom stereocenters. The summed E-state index contributed by atoms with van der Waals surface area (Å²) in [6, 6.07) is 2.73. The summed E-state index contributed by atoms with van der Waals surface area (Å²) in [7, 11) is 1.84. The first kappa shape index (κ1) is 13.1. The van der Waals surface area contributed by atoms with Gasteiger partial charge in [0.25, 0.3) is 0 Å². The van der Waals surface area contributed by atoms with E-state index in [2.05, 4.69) is 32.2 Å². The van der Waals surface area contributed by atoms with Gasteiger partial charge in [0.05, 0.1) is 5.60 Å². The summed E-state index contributed by atoms with van der Waals surface area (Å²) in [6.45, 7) is 7.60. The SMILES string of the molecule is COC1(CNC(C)c2cc(C)sc2C)CCC1. The highest BCUT2D eigenvalue weighted by molar-refractivity contribution is 7.12. The molecule has 1 saturated carbocycles. The standard InChI is InChI=1S/C14H23NOS/c1-10-8-13(12(3)17-10)11(2)15-9-14(16-4)6-5-7-14/h8,11,15H,5-7,9H2,1-4H3. The maximum Gasteiger partial charge on any atom is 0.0802 e. The topological polar surface area (TPSA) is 21.3 Å². The summed E-state index contributed by atoms with van der Waals surface area (Å²) < 4.78 is 5.64. The first-order valence-corrected chi connectivity index (χ1v) is 7.23. The number of ether oxygens (including phenoxy) is 1. The van der Waals surface area contributed by atoms with Crippen LogP contribution in [0.1, 0.15) is 47.5 Å². The van der Waals surface area contributed by atoms with E-state index >= 15 is 0 Å². The fraction of sp³-hybridized carbons (Fsp3) is 0.714. The van der Waals surface area contributed by atoms with Gasteiger partial charge in [-0.15, -0.1) is 11.3 Å². The molecule has 2 nitrogen and oxygen atoms in total. The lowest BCUT2D eigenvalue weighted by Gasteiger charge is -2.41. The van der Waals surface area contributed by atoms with Gasteiger partial charge < -0.3 is 10.1 Å². The largest absolute Gasteiger partial charge is 0.377 e. The maximum atomic E-state index is 5.64. The Balaban J connectivity index is 1.93. The van der Waals surface area contributed by atoms with Crippen LogP contribution < -0.4 is 5.32 Å². The molecular weight excluding hydrogens is 230 g/mol. The van der Waals surface area contributed by atoms with Crippen LogP contribution in [0, 0.1) is 13.8 Å². The number of hydrogen-bond acceptors (Lipinski definition) is 3. The lowest BCUT2D eigenvalue weighted by atomic mass is 9.80. The van der Waals surface area contributed by atoms with Gasteiger partial charge in [-0.25, -0.2) is 0 Å². The molecule has 1 heterocycles. The molecule has 0 spiro atoms. The second-order valence-electron chi connectivity index (χ2n) is 5.21. The van der Waals surface area contributed by atoms with Crippen molar-refractivity contribution in [2.24, 2.45) is 0 Å². The normalized spacial score (nSPS) is 20.0. The first-order chi connectivity index (χ1) is 8.06. The average Bonchev–Trinajstić information content (AvgIpc) is 2.57. The van der Waals surface area contributed by atoms with Crippen molar-refractivity contribution in [1.82, 2.24) is 5.32 Å². The van der Waals surface area contributed by atoms with Gasteiger partial charge in [-0.1, -0.05) is 0 Å². The van der Waals surface area contributed by atoms with Crippen molar-refractivity contribution in [2.45, 2.75) is 51.7 Å². The molecule has 17 heavy (non-hydrogen) atoms. The van der Waals surface area contributed by atoms with Gasteiger partial charge in [-0.05, 0) is 51.7 Å². The van der Waals surface area contributed by atoms with E-state index in [1.54, 1.807) is 0 Å². The van der Waals surface area contributed by atoms with Gasteiger partial charge in [0.15, 0.2) is 0 Å². The zero-order valence-corrected chi connectivity index (χ0v) is 12.1. The number of rotatable bonds is 5. The van der Waals surface area contributed by atoms with Crippen LogP contribution in [-0.2, 0) is 4.74 Å². The molecule has 2 rings (SSSR count). The van der Waals surface area contributed by atoms with Crippen LogP contribution >= 0.6 is 11.3 Å². The minimum atomic E-state index is 0.118. The molecule has 1 aliphatic rings. The molecule has 96 valence electrons. The predicted octanol–water partition coefficient (Wildman–Crippen LogP) is 3.58.